The van der Waals surface area contributed by atoms with Crippen LogP contribution in [0.2, 0.25) is 5.02 Å². The highest BCUT2D eigenvalue weighted by atomic mass is 35.5. The minimum Gasteiger partial charge on any atom is -0.483 e. The molecule has 3 fully saturated rings. The fourth-order valence-corrected chi connectivity index (χ4v) is 5.22. The van der Waals surface area contributed by atoms with Crippen molar-refractivity contribution in [3.63, 3.8) is 0 Å². The van der Waals surface area contributed by atoms with Crippen LogP contribution < -0.4 is 5.73 Å². The van der Waals surface area contributed by atoms with E-state index < -0.39 is 12.1 Å². The van der Waals surface area contributed by atoms with Crippen molar-refractivity contribution in [3.05, 3.63) is 34.9 Å². The van der Waals surface area contributed by atoms with Crippen molar-refractivity contribution >= 4 is 29.9 Å². The number of hydrogen-bond acceptors (Lipinski definition) is 5. The van der Waals surface area contributed by atoms with Crippen LogP contribution in [-0.2, 0) is 19.8 Å². The van der Waals surface area contributed by atoms with Crippen LogP contribution in [-0.4, -0.2) is 76.1 Å². The number of aliphatic hydroxyl groups is 1. The second-order valence-electron chi connectivity index (χ2n) is 8.25. The van der Waals surface area contributed by atoms with Crippen molar-refractivity contribution in [2.75, 3.05) is 19.6 Å². The number of amides is 2. The zero-order valence-electron chi connectivity index (χ0n) is 16.7. The summed E-state index contributed by atoms with van der Waals surface area (Å²) in [6.07, 6.45) is 3.12. The average Bonchev–Trinajstić information content (AvgIpc) is 3.14. The van der Waals surface area contributed by atoms with E-state index in [0.717, 1.165) is 31.2 Å². The van der Waals surface area contributed by atoms with Gasteiger partial charge in [0.2, 0.25) is 11.8 Å². The van der Waals surface area contributed by atoms with E-state index in [9.17, 15) is 14.7 Å². The van der Waals surface area contributed by atoms with Gasteiger partial charge in [-0.2, -0.15) is 0 Å². The van der Waals surface area contributed by atoms with Crippen LogP contribution in [0.3, 0.4) is 0 Å². The van der Waals surface area contributed by atoms with E-state index in [4.69, 9.17) is 27.2 Å². The Morgan fingerprint density at radius 2 is 1.90 bits per heavy atom. The lowest BCUT2D eigenvalue weighted by atomic mass is 9.68. The first kappa shape index (κ1) is 22.5. The molecule has 4 N–H and O–H groups in total. The van der Waals surface area contributed by atoms with Gasteiger partial charge in [-0.05, 0) is 43.4 Å². The summed E-state index contributed by atoms with van der Waals surface area (Å²) in [6, 6.07) is 7.44. The predicted molar refractivity (Wildman–Crippen MR) is 111 cm³/mol. The maximum Gasteiger partial charge on any atom is 0.290 e. The minimum atomic E-state index is -0.595. The van der Waals surface area contributed by atoms with Crippen LogP contribution in [0.4, 0.5) is 0 Å². The number of carbonyl (C=O) groups is 3. The van der Waals surface area contributed by atoms with Gasteiger partial charge in [0.25, 0.3) is 6.47 Å². The second kappa shape index (κ2) is 9.32. The molecule has 30 heavy (non-hydrogen) atoms. The van der Waals surface area contributed by atoms with Gasteiger partial charge in [0.15, 0.2) is 0 Å². The van der Waals surface area contributed by atoms with Crippen molar-refractivity contribution in [3.8, 4) is 0 Å². The van der Waals surface area contributed by atoms with Gasteiger partial charge >= 0.3 is 0 Å². The molecule has 1 saturated carbocycles. The van der Waals surface area contributed by atoms with E-state index in [1.54, 1.807) is 9.80 Å². The van der Waals surface area contributed by atoms with Gasteiger partial charge in [-0.25, -0.2) is 0 Å². The normalized spacial score (nSPS) is 31.1. The molecule has 1 aliphatic carbocycles. The number of aliphatic hydroxyl groups excluding tert-OH is 1. The SMILES string of the molecule is NCC1(c2cccc(Cl)c2)CCC(N2CC(=O)N3C[C@H](O)C[C@H]3C2=O)CC1.O=CO. The van der Waals surface area contributed by atoms with E-state index in [-0.39, 0.29) is 42.8 Å². The molecule has 0 radical (unpaired) electrons. The Bertz CT molecular complexity index is 797. The largest absolute Gasteiger partial charge is 0.483 e. The number of nitrogens with two attached hydrogens (primary N) is 1. The van der Waals surface area contributed by atoms with Crippen molar-refractivity contribution in [1.82, 2.24) is 9.80 Å². The standard InChI is InChI=1S/C20H26ClN3O3.CH2O2/c21-14-3-1-2-13(8-14)20(12-22)6-4-15(5-7-20)23-11-18(26)24-10-16(25)9-17(24)19(23)27;2-1-3/h1-3,8,15-17,25H,4-7,9-12,22H2;1H,(H,2,3)/t15?,16-,17+,20?;/m1./s1. The molecule has 2 saturated heterocycles. The fraction of sp³-hybridized carbons (Fsp3) is 0.571. The lowest BCUT2D eigenvalue weighted by Gasteiger charge is -2.46. The van der Waals surface area contributed by atoms with Crippen LogP contribution in [0.1, 0.15) is 37.7 Å². The van der Waals surface area contributed by atoms with Crippen LogP contribution in [0.15, 0.2) is 24.3 Å². The molecule has 0 unspecified atom stereocenters. The number of fused-ring (bicyclic) bond motifs is 1. The van der Waals surface area contributed by atoms with Gasteiger partial charge in [-0.15, -0.1) is 0 Å². The van der Waals surface area contributed by atoms with Gasteiger partial charge in [0, 0.05) is 36.0 Å². The summed E-state index contributed by atoms with van der Waals surface area (Å²) in [5.74, 6) is -0.0687. The van der Waals surface area contributed by atoms with E-state index in [1.807, 2.05) is 18.2 Å². The monoisotopic (exact) mass is 437 g/mol. The quantitative estimate of drug-likeness (QED) is 0.605. The molecule has 0 bridgehead atoms. The number of piperazine rings is 1. The first-order valence-electron chi connectivity index (χ1n) is 10.2. The Morgan fingerprint density at radius 3 is 2.50 bits per heavy atom. The van der Waals surface area contributed by atoms with Gasteiger partial charge in [-0.1, -0.05) is 23.7 Å². The molecule has 2 heterocycles. The van der Waals surface area contributed by atoms with Crippen molar-refractivity contribution in [2.45, 2.75) is 55.7 Å². The number of nitrogens with zero attached hydrogens (tertiary/aromatic N) is 2. The minimum absolute atomic E-state index is 0.0147. The Morgan fingerprint density at radius 1 is 1.23 bits per heavy atom. The van der Waals surface area contributed by atoms with E-state index in [2.05, 4.69) is 6.07 Å². The molecule has 0 spiro atoms. The first-order valence-corrected chi connectivity index (χ1v) is 10.5. The number of rotatable bonds is 3. The highest BCUT2D eigenvalue weighted by molar-refractivity contribution is 6.30. The summed E-state index contributed by atoms with van der Waals surface area (Å²) in [5.41, 5.74) is 7.20. The molecule has 9 heteroatoms. The van der Waals surface area contributed by atoms with Gasteiger partial charge < -0.3 is 25.7 Å². The molecule has 0 aromatic heterocycles. The Balaban J connectivity index is 0.000000806. The summed E-state index contributed by atoms with van der Waals surface area (Å²) in [6.45, 7) is 0.688. The van der Waals surface area contributed by atoms with Crippen molar-refractivity contribution in [2.24, 2.45) is 5.73 Å². The van der Waals surface area contributed by atoms with Gasteiger partial charge in [-0.3, -0.25) is 14.4 Å². The number of carbonyl (C=O) groups excluding carboxylic acids is 2. The second-order valence-corrected chi connectivity index (χ2v) is 8.69. The van der Waals surface area contributed by atoms with Gasteiger partial charge in [0.1, 0.15) is 12.6 Å². The molecular formula is C21H28ClN3O5. The lowest BCUT2D eigenvalue weighted by molar-refractivity contribution is -0.156. The maximum atomic E-state index is 12.9. The summed E-state index contributed by atoms with van der Waals surface area (Å²) in [5, 5.41) is 17.4. The van der Waals surface area contributed by atoms with Gasteiger partial charge in [0.05, 0.1) is 6.10 Å². The maximum absolute atomic E-state index is 12.9. The van der Waals surface area contributed by atoms with Crippen molar-refractivity contribution < 1.29 is 24.6 Å². The average molecular weight is 438 g/mol. The summed E-state index contributed by atoms with van der Waals surface area (Å²) < 4.78 is 0. The molecule has 2 amide bonds. The van der Waals surface area contributed by atoms with Crippen LogP contribution >= 0.6 is 11.6 Å². The lowest BCUT2D eigenvalue weighted by Crippen LogP contribution is -2.61. The number of hydrogen-bond donors (Lipinski definition) is 3. The van der Waals surface area contributed by atoms with Crippen molar-refractivity contribution in [1.29, 1.82) is 0 Å². The molecule has 8 nitrogen and oxygen atoms in total. The molecule has 1 aromatic carbocycles. The smallest absolute Gasteiger partial charge is 0.290 e. The third-order valence-electron chi connectivity index (χ3n) is 6.65. The molecule has 2 aliphatic heterocycles. The van der Waals surface area contributed by atoms with E-state index in [0.29, 0.717) is 18.0 Å². The summed E-state index contributed by atoms with van der Waals surface area (Å²) in [7, 11) is 0. The first-order chi connectivity index (χ1) is 14.3. The summed E-state index contributed by atoms with van der Waals surface area (Å²) in [4.78, 5) is 37.0. The Hall–Kier alpha value is -2.16. The Labute approximate surface area is 180 Å². The highest BCUT2D eigenvalue weighted by Gasteiger charge is 2.48. The predicted octanol–water partition coefficient (Wildman–Crippen LogP) is 0.984. The van der Waals surface area contributed by atoms with E-state index >= 15 is 0 Å². The number of carboxylic acid groups (broad SMARTS) is 1. The molecule has 1 aromatic rings. The molecule has 2 atom stereocenters. The Kier molecular flexibility index (Phi) is 7.00. The summed E-state index contributed by atoms with van der Waals surface area (Å²) >= 11 is 6.18. The molecule has 3 aliphatic rings. The van der Waals surface area contributed by atoms with Crippen LogP contribution in [0.5, 0.6) is 0 Å². The molecule has 164 valence electrons. The third kappa shape index (κ3) is 4.31. The zero-order valence-corrected chi connectivity index (χ0v) is 17.5. The van der Waals surface area contributed by atoms with Crippen LogP contribution in [0.25, 0.3) is 0 Å². The third-order valence-corrected chi connectivity index (χ3v) is 6.89. The number of benzene rings is 1. The van der Waals surface area contributed by atoms with E-state index in [1.165, 1.54) is 0 Å². The molecular weight excluding hydrogens is 410 g/mol. The molecule has 4 rings (SSSR count). The zero-order chi connectivity index (χ0) is 21.9. The number of halogens is 1. The highest BCUT2D eigenvalue weighted by Crippen LogP contribution is 2.41. The fourth-order valence-electron chi connectivity index (χ4n) is 5.03. The topological polar surface area (TPSA) is 124 Å². The van der Waals surface area contributed by atoms with Crippen LogP contribution in [0, 0.1) is 0 Å².